The highest BCUT2D eigenvalue weighted by molar-refractivity contribution is 6.30. The molecule has 3 nitrogen and oxygen atoms in total. The van der Waals surface area contributed by atoms with E-state index in [9.17, 15) is 18.0 Å². The van der Waals surface area contributed by atoms with Gasteiger partial charge in [-0.3, -0.25) is 4.79 Å². The van der Waals surface area contributed by atoms with Crippen molar-refractivity contribution in [1.29, 1.82) is 0 Å². The smallest absolute Gasteiger partial charge is 0.341 e. The maximum absolute atomic E-state index is 13.2. The van der Waals surface area contributed by atoms with Gasteiger partial charge >= 0.3 is 6.18 Å². The van der Waals surface area contributed by atoms with Crippen LogP contribution in [0.4, 0.5) is 13.2 Å². The van der Waals surface area contributed by atoms with E-state index in [0.717, 1.165) is 25.9 Å². The first-order valence-corrected chi connectivity index (χ1v) is 7.56. The Balaban J connectivity index is 0.00000264. The molecule has 8 heteroatoms. The summed E-state index contributed by atoms with van der Waals surface area (Å²) < 4.78 is 39.6. The van der Waals surface area contributed by atoms with Gasteiger partial charge in [0.2, 0.25) is 5.91 Å². The lowest BCUT2D eigenvalue weighted by Gasteiger charge is -2.25. The van der Waals surface area contributed by atoms with Gasteiger partial charge in [-0.15, -0.1) is 12.4 Å². The fourth-order valence-corrected chi connectivity index (χ4v) is 2.70. The van der Waals surface area contributed by atoms with Crippen LogP contribution < -0.4 is 10.6 Å². The zero-order valence-electron chi connectivity index (χ0n) is 12.3. The number of rotatable bonds is 4. The van der Waals surface area contributed by atoms with Gasteiger partial charge in [-0.1, -0.05) is 23.7 Å². The van der Waals surface area contributed by atoms with Gasteiger partial charge in [0.05, 0.1) is 0 Å². The van der Waals surface area contributed by atoms with Crippen molar-refractivity contribution in [3.63, 3.8) is 0 Å². The van der Waals surface area contributed by atoms with E-state index in [1.807, 2.05) is 0 Å². The van der Waals surface area contributed by atoms with Gasteiger partial charge in [0.1, 0.15) is 0 Å². The van der Waals surface area contributed by atoms with Crippen LogP contribution >= 0.6 is 24.0 Å². The van der Waals surface area contributed by atoms with Crippen LogP contribution in [0, 0.1) is 5.92 Å². The molecule has 1 aromatic carbocycles. The first kappa shape index (κ1) is 20.1. The molecule has 130 valence electrons. The molecule has 1 aliphatic rings. The molecule has 1 heterocycles. The third-order valence-corrected chi connectivity index (χ3v) is 4.02. The van der Waals surface area contributed by atoms with E-state index in [1.54, 1.807) is 0 Å². The Labute approximate surface area is 144 Å². The molecular formula is C15H19Cl2F3N2O. The second-order valence-corrected chi connectivity index (χ2v) is 5.93. The Morgan fingerprint density at radius 3 is 2.35 bits per heavy atom. The molecule has 1 unspecified atom stereocenters. The van der Waals surface area contributed by atoms with Crippen LogP contribution in [0.2, 0.25) is 5.02 Å². The highest BCUT2D eigenvalue weighted by atomic mass is 35.5. The van der Waals surface area contributed by atoms with Crippen molar-refractivity contribution in [2.75, 3.05) is 13.1 Å². The van der Waals surface area contributed by atoms with Crippen molar-refractivity contribution in [1.82, 2.24) is 10.6 Å². The van der Waals surface area contributed by atoms with Crippen molar-refractivity contribution in [2.45, 2.75) is 31.5 Å². The molecule has 2 rings (SSSR count). The Morgan fingerprint density at radius 2 is 1.83 bits per heavy atom. The molecule has 1 fully saturated rings. The molecule has 1 aliphatic heterocycles. The normalized spacial score (nSPS) is 17.2. The molecule has 0 saturated carbocycles. The third-order valence-electron chi connectivity index (χ3n) is 3.77. The summed E-state index contributed by atoms with van der Waals surface area (Å²) in [5.74, 6) is -0.426. The van der Waals surface area contributed by atoms with Crippen LogP contribution in [-0.4, -0.2) is 25.2 Å². The molecule has 1 saturated heterocycles. The summed E-state index contributed by atoms with van der Waals surface area (Å²) >= 11 is 5.69. The molecule has 2 N–H and O–H groups in total. The van der Waals surface area contributed by atoms with Crippen molar-refractivity contribution in [2.24, 2.45) is 5.92 Å². The summed E-state index contributed by atoms with van der Waals surface area (Å²) in [4.78, 5) is 12.0. The average Bonchev–Trinajstić information content (AvgIpc) is 2.46. The standard InChI is InChI=1S/C15H18ClF3N2O.ClH/c16-12-3-1-11(2-4-12)14(15(17,18)19)21-13(22)9-10-5-7-20-8-6-10;/h1-4,10,14,20H,5-9H2,(H,21,22);1H. The summed E-state index contributed by atoms with van der Waals surface area (Å²) in [5.41, 5.74) is -0.0180. The van der Waals surface area contributed by atoms with Crippen molar-refractivity contribution in [3.05, 3.63) is 34.9 Å². The second kappa shape index (κ2) is 8.76. The molecular weight excluding hydrogens is 352 g/mol. The summed E-state index contributed by atoms with van der Waals surface area (Å²) in [6.07, 6.45) is -2.80. The Hall–Kier alpha value is -0.980. The van der Waals surface area contributed by atoms with Gasteiger partial charge in [-0.2, -0.15) is 13.2 Å². The average molecular weight is 371 g/mol. The number of piperidine rings is 1. The van der Waals surface area contributed by atoms with Crippen LogP contribution in [-0.2, 0) is 4.79 Å². The maximum Gasteiger partial charge on any atom is 0.412 e. The van der Waals surface area contributed by atoms with Crippen LogP contribution in [0.25, 0.3) is 0 Å². The van der Waals surface area contributed by atoms with E-state index < -0.39 is 18.1 Å². The first-order valence-electron chi connectivity index (χ1n) is 7.18. The van der Waals surface area contributed by atoms with Crippen LogP contribution in [0.1, 0.15) is 30.9 Å². The Kier molecular flexibility index (Phi) is 7.64. The topological polar surface area (TPSA) is 41.1 Å². The molecule has 0 radical (unpaired) electrons. The molecule has 1 atom stereocenters. The molecule has 0 aromatic heterocycles. The van der Waals surface area contributed by atoms with E-state index in [2.05, 4.69) is 10.6 Å². The Bertz CT molecular complexity index is 502. The molecule has 1 amide bonds. The van der Waals surface area contributed by atoms with E-state index in [4.69, 9.17) is 11.6 Å². The summed E-state index contributed by atoms with van der Waals surface area (Å²) in [7, 11) is 0. The SMILES string of the molecule is Cl.O=C(CC1CCNCC1)NC(c1ccc(Cl)cc1)C(F)(F)F. The van der Waals surface area contributed by atoms with Gasteiger partial charge in [-0.05, 0) is 49.5 Å². The lowest BCUT2D eigenvalue weighted by molar-refractivity contribution is -0.163. The molecule has 0 bridgehead atoms. The van der Waals surface area contributed by atoms with E-state index >= 15 is 0 Å². The quantitative estimate of drug-likeness (QED) is 0.844. The maximum atomic E-state index is 13.2. The number of amides is 1. The highest BCUT2D eigenvalue weighted by Crippen LogP contribution is 2.33. The minimum Gasteiger partial charge on any atom is -0.341 e. The van der Waals surface area contributed by atoms with E-state index in [0.29, 0.717) is 5.02 Å². The van der Waals surface area contributed by atoms with Gasteiger partial charge in [0, 0.05) is 11.4 Å². The number of alkyl halides is 3. The van der Waals surface area contributed by atoms with Gasteiger partial charge < -0.3 is 10.6 Å². The largest absolute Gasteiger partial charge is 0.412 e. The third kappa shape index (κ3) is 6.20. The van der Waals surface area contributed by atoms with Crippen molar-refractivity contribution < 1.29 is 18.0 Å². The predicted molar refractivity (Wildman–Crippen MR) is 85.8 cm³/mol. The van der Waals surface area contributed by atoms with Gasteiger partial charge in [0.25, 0.3) is 0 Å². The van der Waals surface area contributed by atoms with Gasteiger partial charge in [0.15, 0.2) is 6.04 Å². The Morgan fingerprint density at radius 1 is 1.26 bits per heavy atom. The second-order valence-electron chi connectivity index (χ2n) is 5.49. The minimum atomic E-state index is -4.54. The number of carbonyl (C=O) groups excluding carboxylic acids is 1. The first-order chi connectivity index (χ1) is 10.4. The van der Waals surface area contributed by atoms with Crippen LogP contribution in [0.3, 0.4) is 0 Å². The monoisotopic (exact) mass is 370 g/mol. The van der Waals surface area contributed by atoms with Crippen molar-refractivity contribution >= 4 is 29.9 Å². The zero-order chi connectivity index (χ0) is 16.2. The predicted octanol–water partition coefficient (Wildman–Crippen LogP) is 3.87. The summed E-state index contributed by atoms with van der Waals surface area (Å²) in [5, 5.41) is 5.63. The molecule has 23 heavy (non-hydrogen) atoms. The number of hydrogen-bond donors (Lipinski definition) is 2. The number of halogens is 5. The number of benzene rings is 1. The van der Waals surface area contributed by atoms with Crippen molar-refractivity contribution in [3.8, 4) is 0 Å². The number of carbonyl (C=O) groups is 1. The number of hydrogen-bond acceptors (Lipinski definition) is 2. The molecule has 0 aliphatic carbocycles. The minimum absolute atomic E-state index is 0. The lowest BCUT2D eigenvalue weighted by atomic mass is 9.94. The van der Waals surface area contributed by atoms with E-state index in [-0.39, 0.29) is 30.3 Å². The molecule has 1 aromatic rings. The van der Waals surface area contributed by atoms with Crippen LogP contribution in [0.15, 0.2) is 24.3 Å². The summed E-state index contributed by atoms with van der Waals surface area (Å²) in [6, 6.07) is 3.33. The molecule has 0 spiro atoms. The number of nitrogens with one attached hydrogen (secondary N) is 2. The van der Waals surface area contributed by atoms with Crippen LogP contribution in [0.5, 0.6) is 0 Å². The van der Waals surface area contributed by atoms with E-state index in [1.165, 1.54) is 24.3 Å². The zero-order valence-corrected chi connectivity index (χ0v) is 13.9. The fourth-order valence-electron chi connectivity index (χ4n) is 2.58. The summed E-state index contributed by atoms with van der Waals surface area (Å²) in [6.45, 7) is 1.61. The van der Waals surface area contributed by atoms with Gasteiger partial charge in [-0.25, -0.2) is 0 Å². The lowest BCUT2D eigenvalue weighted by Crippen LogP contribution is -2.39. The fraction of sp³-hybridized carbons (Fsp3) is 0.533. The highest BCUT2D eigenvalue weighted by Gasteiger charge is 2.42.